The fourth-order valence-electron chi connectivity index (χ4n) is 2.17. The molecule has 0 radical (unpaired) electrons. The molecule has 1 fully saturated rings. The predicted octanol–water partition coefficient (Wildman–Crippen LogP) is 1.63. The van der Waals surface area contributed by atoms with E-state index >= 15 is 0 Å². The first kappa shape index (κ1) is 15.3. The molecule has 7 heteroatoms. The van der Waals surface area contributed by atoms with Crippen molar-refractivity contribution < 1.29 is 9.18 Å². The molecule has 1 heterocycles. The number of hydrogen-bond donors (Lipinski definition) is 1. The number of nitrogens with two attached hydrogens (primary N) is 1. The molecule has 0 bridgehead atoms. The zero-order chi connectivity index (χ0) is 14.7. The molecule has 20 heavy (non-hydrogen) atoms. The van der Waals surface area contributed by atoms with Crippen molar-refractivity contribution in [2.75, 3.05) is 32.7 Å². The third kappa shape index (κ3) is 3.53. The Balaban J connectivity index is 2.02. The van der Waals surface area contributed by atoms with Crippen LogP contribution < -0.4 is 5.73 Å². The number of benzene rings is 1. The summed E-state index contributed by atoms with van der Waals surface area (Å²) in [7, 11) is 0. The lowest BCUT2D eigenvalue weighted by molar-refractivity contribution is 0.0653. The Bertz CT molecular complexity index is 532. The lowest BCUT2D eigenvalue weighted by Crippen LogP contribution is -2.50. The Morgan fingerprint density at radius 2 is 2.00 bits per heavy atom. The van der Waals surface area contributed by atoms with Crippen LogP contribution in [-0.4, -0.2) is 53.4 Å². The number of piperazine rings is 1. The van der Waals surface area contributed by atoms with E-state index in [1.54, 1.807) is 11.0 Å². The predicted molar refractivity (Wildman–Crippen MR) is 83.2 cm³/mol. The normalized spacial score (nSPS) is 16.2. The van der Waals surface area contributed by atoms with Gasteiger partial charge in [-0.25, -0.2) is 4.39 Å². The Morgan fingerprint density at radius 1 is 1.35 bits per heavy atom. The molecule has 1 aliphatic rings. The molecule has 108 valence electrons. The number of nitrogens with zero attached hydrogens (tertiary/aromatic N) is 2. The van der Waals surface area contributed by atoms with Gasteiger partial charge in [0.2, 0.25) is 0 Å². The van der Waals surface area contributed by atoms with E-state index in [-0.39, 0.29) is 10.4 Å². The smallest absolute Gasteiger partial charge is 0.255 e. The fraction of sp³-hybridized carbons (Fsp3) is 0.385. The zero-order valence-corrected chi connectivity index (χ0v) is 13.2. The molecule has 4 nitrogen and oxygen atoms in total. The summed E-state index contributed by atoms with van der Waals surface area (Å²) >= 11 is 8.00. The second-order valence-electron chi connectivity index (χ2n) is 4.64. The van der Waals surface area contributed by atoms with Crippen LogP contribution in [0.1, 0.15) is 10.4 Å². The number of carbonyl (C=O) groups excluding carboxylic acids is 1. The maximum absolute atomic E-state index is 13.5. The summed E-state index contributed by atoms with van der Waals surface area (Å²) in [6.07, 6.45) is 0. The summed E-state index contributed by atoms with van der Waals surface area (Å²) in [5, 5.41) is 0. The first-order valence-corrected chi connectivity index (χ1v) is 7.43. The topological polar surface area (TPSA) is 49.6 Å². The highest BCUT2D eigenvalue weighted by Gasteiger charge is 2.24. The minimum Gasteiger partial charge on any atom is -0.392 e. The first-order valence-electron chi connectivity index (χ1n) is 6.23. The molecule has 0 spiro atoms. The summed E-state index contributed by atoms with van der Waals surface area (Å²) in [4.78, 5) is 16.6. The van der Waals surface area contributed by atoms with Gasteiger partial charge in [-0.2, -0.15) is 0 Å². The maximum Gasteiger partial charge on any atom is 0.255 e. The van der Waals surface area contributed by atoms with E-state index in [4.69, 9.17) is 18.0 Å². The molecular formula is C13H15BrFN3OS. The van der Waals surface area contributed by atoms with Gasteiger partial charge in [0, 0.05) is 32.7 Å². The Morgan fingerprint density at radius 3 is 2.60 bits per heavy atom. The standard InChI is InChI=1S/C13H15BrFN3OS/c14-12-9(2-1-3-10(12)15)13(19)18-6-4-17(5-7-18)8-11(16)20/h1-3H,4-8H2,(H2,16,20). The van der Waals surface area contributed by atoms with Crippen LogP contribution in [0.3, 0.4) is 0 Å². The van der Waals surface area contributed by atoms with Crippen LogP contribution in [-0.2, 0) is 0 Å². The van der Waals surface area contributed by atoms with Crippen LogP contribution in [0.2, 0.25) is 0 Å². The van der Waals surface area contributed by atoms with Crippen molar-refractivity contribution in [3.8, 4) is 0 Å². The number of thiocarbonyl (C=S) groups is 1. The summed E-state index contributed by atoms with van der Waals surface area (Å²) in [6.45, 7) is 3.18. The van der Waals surface area contributed by atoms with Crippen LogP contribution in [0.25, 0.3) is 0 Å². The maximum atomic E-state index is 13.5. The summed E-state index contributed by atoms with van der Waals surface area (Å²) in [6, 6.07) is 4.48. The molecule has 0 saturated carbocycles. The number of halogens is 2. The third-order valence-electron chi connectivity index (χ3n) is 3.22. The molecule has 1 aliphatic heterocycles. The van der Waals surface area contributed by atoms with Crippen LogP contribution >= 0.6 is 28.1 Å². The van der Waals surface area contributed by atoms with Crippen molar-refractivity contribution >= 4 is 39.0 Å². The molecular weight excluding hydrogens is 345 g/mol. The number of hydrogen-bond acceptors (Lipinski definition) is 3. The Kier molecular flexibility index (Phi) is 5.06. The van der Waals surface area contributed by atoms with Crippen molar-refractivity contribution in [3.63, 3.8) is 0 Å². The molecule has 1 aromatic carbocycles. The Labute approximate surface area is 130 Å². The van der Waals surface area contributed by atoms with Crippen LogP contribution in [0.15, 0.2) is 22.7 Å². The largest absolute Gasteiger partial charge is 0.392 e. The minimum absolute atomic E-state index is 0.161. The molecule has 0 unspecified atom stereocenters. The molecule has 0 aromatic heterocycles. The van der Waals surface area contributed by atoms with Crippen molar-refractivity contribution in [2.45, 2.75) is 0 Å². The van der Waals surface area contributed by atoms with Gasteiger partial charge in [-0.3, -0.25) is 9.69 Å². The quantitative estimate of drug-likeness (QED) is 0.833. The van der Waals surface area contributed by atoms with Gasteiger partial charge >= 0.3 is 0 Å². The number of amides is 1. The monoisotopic (exact) mass is 359 g/mol. The Hall–Kier alpha value is -1.05. The van der Waals surface area contributed by atoms with E-state index in [0.717, 1.165) is 13.1 Å². The highest BCUT2D eigenvalue weighted by atomic mass is 79.9. The summed E-state index contributed by atoms with van der Waals surface area (Å²) in [5.74, 6) is -0.589. The van der Waals surface area contributed by atoms with Crippen molar-refractivity contribution in [1.82, 2.24) is 9.80 Å². The van der Waals surface area contributed by atoms with E-state index < -0.39 is 5.82 Å². The molecule has 1 saturated heterocycles. The zero-order valence-electron chi connectivity index (χ0n) is 10.8. The summed E-state index contributed by atoms with van der Waals surface area (Å²) in [5.41, 5.74) is 5.86. The van der Waals surface area contributed by atoms with E-state index in [2.05, 4.69) is 20.8 Å². The average molecular weight is 360 g/mol. The second kappa shape index (κ2) is 6.60. The van der Waals surface area contributed by atoms with E-state index in [1.165, 1.54) is 12.1 Å². The third-order valence-corrected chi connectivity index (χ3v) is 4.16. The highest BCUT2D eigenvalue weighted by molar-refractivity contribution is 9.10. The van der Waals surface area contributed by atoms with Crippen LogP contribution in [0.4, 0.5) is 4.39 Å². The SMILES string of the molecule is NC(=S)CN1CCN(C(=O)c2cccc(F)c2Br)CC1. The van der Waals surface area contributed by atoms with E-state index in [0.29, 0.717) is 30.2 Å². The van der Waals surface area contributed by atoms with Crippen LogP contribution in [0.5, 0.6) is 0 Å². The molecule has 1 aromatic rings. The van der Waals surface area contributed by atoms with Crippen LogP contribution in [0, 0.1) is 5.82 Å². The van der Waals surface area contributed by atoms with Crippen molar-refractivity contribution in [1.29, 1.82) is 0 Å². The number of rotatable bonds is 3. The molecule has 0 aliphatic carbocycles. The van der Waals surface area contributed by atoms with Crippen molar-refractivity contribution in [2.24, 2.45) is 5.73 Å². The molecule has 1 amide bonds. The lowest BCUT2D eigenvalue weighted by Gasteiger charge is -2.34. The van der Waals surface area contributed by atoms with Gasteiger partial charge in [0.15, 0.2) is 0 Å². The molecule has 0 atom stereocenters. The first-order chi connectivity index (χ1) is 9.49. The van der Waals surface area contributed by atoms with Gasteiger partial charge < -0.3 is 10.6 Å². The van der Waals surface area contributed by atoms with Gasteiger partial charge in [-0.1, -0.05) is 18.3 Å². The summed E-state index contributed by atoms with van der Waals surface area (Å²) < 4.78 is 13.7. The molecule has 2 N–H and O–H groups in total. The minimum atomic E-state index is -0.428. The van der Waals surface area contributed by atoms with Gasteiger partial charge in [0.1, 0.15) is 5.82 Å². The average Bonchev–Trinajstić information content (AvgIpc) is 2.41. The number of carbonyl (C=O) groups is 1. The van der Waals surface area contributed by atoms with E-state index in [1.807, 2.05) is 0 Å². The van der Waals surface area contributed by atoms with Gasteiger partial charge in [-0.05, 0) is 28.1 Å². The van der Waals surface area contributed by atoms with Crippen molar-refractivity contribution in [3.05, 3.63) is 34.1 Å². The van der Waals surface area contributed by atoms with Gasteiger partial charge in [-0.15, -0.1) is 0 Å². The second-order valence-corrected chi connectivity index (χ2v) is 5.95. The van der Waals surface area contributed by atoms with Gasteiger partial charge in [0.25, 0.3) is 5.91 Å². The fourth-order valence-corrected chi connectivity index (χ4v) is 2.79. The van der Waals surface area contributed by atoms with Gasteiger partial charge in [0.05, 0.1) is 15.0 Å². The van der Waals surface area contributed by atoms with E-state index in [9.17, 15) is 9.18 Å². The molecule has 2 rings (SSSR count). The lowest BCUT2D eigenvalue weighted by atomic mass is 10.1. The highest BCUT2D eigenvalue weighted by Crippen LogP contribution is 2.22.